The van der Waals surface area contributed by atoms with Crippen LogP contribution in [0.3, 0.4) is 0 Å². The van der Waals surface area contributed by atoms with Gasteiger partial charge in [-0.3, -0.25) is 14.7 Å². The van der Waals surface area contributed by atoms with Crippen LogP contribution in [0.2, 0.25) is 5.02 Å². The van der Waals surface area contributed by atoms with E-state index < -0.39 is 0 Å². The fourth-order valence-corrected chi connectivity index (χ4v) is 3.42. The molecule has 1 aromatic heterocycles. The van der Waals surface area contributed by atoms with Gasteiger partial charge in [0.2, 0.25) is 5.91 Å². The van der Waals surface area contributed by atoms with Crippen molar-refractivity contribution in [3.63, 3.8) is 0 Å². The molecule has 2 N–H and O–H groups in total. The summed E-state index contributed by atoms with van der Waals surface area (Å²) in [5.74, 6) is 0.758. The van der Waals surface area contributed by atoms with E-state index in [4.69, 9.17) is 16.1 Å². The Bertz CT molecular complexity index is 838. The molecule has 164 valence electrons. The largest absolute Gasteiger partial charge is 0.364 e. The number of carbonyl (C=O) groups is 1. The summed E-state index contributed by atoms with van der Waals surface area (Å²) in [4.78, 5) is 21.1. The van der Waals surface area contributed by atoms with E-state index in [0.29, 0.717) is 18.0 Å². The summed E-state index contributed by atoms with van der Waals surface area (Å²) in [5.41, 5.74) is 2.56. The first kappa shape index (κ1) is 24.4. The maximum absolute atomic E-state index is 12.2. The van der Waals surface area contributed by atoms with Crippen LogP contribution in [0.5, 0.6) is 0 Å². The minimum absolute atomic E-state index is 0. The topological polar surface area (TPSA) is 86.0 Å². The van der Waals surface area contributed by atoms with Gasteiger partial charge in [0, 0.05) is 69.5 Å². The normalized spacial score (nSPS) is 14.9. The van der Waals surface area contributed by atoms with Gasteiger partial charge in [-0.05, 0) is 24.6 Å². The number of anilines is 1. The zero-order valence-electron chi connectivity index (χ0n) is 17.2. The number of hydrogen-bond acceptors (Lipinski definition) is 5. The highest BCUT2D eigenvalue weighted by Crippen LogP contribution is 2.22. The molecule has 0 radical (unpaired) electrons. The Morgan fingerprint density at radius 3 is 2.70 bits per heavy atom. The highest BCUT2D eigenvalue weighted by atomic mass is 127. The van der Waals surface area contributed by atoms with Crippen molar-refractivity contribution in [2.24, 2.45) is 4.99 Å². The van der Waals surface area contributed by atoms with E-state index in [2.05, 4.69) is 30.6 Å². The zero-order valence-corrected chi connectivity index (χ0v) is 20.3. The van der Waals surface area contributed by atoms with Crippen LogP contribution in [-0.4, -0.2) is 66.6 Å². The second-order valence-electron chi connectivity index (χ2n) is 6.94. The molecule has 0 saturated carbocycles. The first-order valence-electron chi connectivity index (χ1n) is 9.69. The number of hydrogen-bond donors (Lipinski definition) is 2. The molecule has 0 atom stereocenters. The van der Waals surface area contributed by atoms with Crippen molar-refractivity contribution in [3.05, 3.63) is 46.8 Å². The molecule has 0 unspecified atom stereocenters. The number of rotatable bonds is 6. The fourth-order valence-electron chi connectivity index (χ4n) is 3.24. The van der Waals surface area contributed by atoms with Crippen LogP contribution in [0.1, 0.15) is 17.7 Å². The second-order valence-corrected chi connectivity index (χ2v) is 7.35. The molecule has 1 saturated heterocycles. The Balaban J connectivity index is 0.00000320. The Morgan fingerprint density at radius 2 is 2.03 bits per heavy atom. The number of amides is 1. The van der Waals surface area contributed by atoms with Crippen LogP contribution in [0.15, 0.2) is 40.0 Å². The lowest BCUT2D eigenvalue weighted by Gasteiger charge is -2.36. The van der Waals surface area contributed by atoms with Crippen molar-refractivity contribution in [1.82, 2.24) is 20.3 Å². The SMILES string of the molecule is CN=C(NCCC(=O)Nc1cccc(Cl)c1C)N1CCN(Cc2ccon2)CC1.I. The molecule has 0 bridgehead atoms. The van der Waals surface area contributed by atoms with Gasteiger partial charge in [0.15, 0.2) is 5.96 Å². The predicted molar refractivity (Wildman–Crippen MR) is 130 cm³/mol. The van der Waals surface area contributed by atoms with E-state index in [9.17, 15) is 4.79 Å². The van der Waals surface area contributed by atoms with Crippen molar-refractivity contribution in [1.29, 1.82) is 0 Å². The second kappa shape index (κ2) is 12.1. The first-order chi connectivity index (χ1) is 14.1. The molecule has 0 aliphatic carbocycles. The number of nitrogens with zero attached hydrogens (tertiary/aromatic N) is 4. The van der Waals surface area contributed by atoms with Crippen LogP contribution < -0.4 is 10.6 Å². The number of nitrogens with one attached hydrogen (secondary N) is 2. The van der Waals surface area contributed by atoms with E-state index in [-0.39, 0.29) is 29.9 Å². The number of benzene rings is 1. The van der Waals surface area contributed by atoms with Crippen LogP contribution in [-0.2, 0) is 11.3 Å². The van der Waals surface area contributed by atoms with Gasteiger partial charge in [0.05, 0.1) is 5.69 Å². The van der Waals surface area contributed by atoms with Gasteiger partial charge in [-0.2, -0.15) is 0 Å². The van der Waals surface area contributed by atoms with Crippen molar-refractivity contribution in [2.75, 3.05) is 45.1 Å². The van der Waals surface area contributed by atoms with Crippen molar-refractivity contribution >= 4 is 53.1 Å². The molecule has 8 nitrogen and oxygen atoms in total. The number of carbonyl (C=O) groups excluding carboxylic acids is 1. The number of piperazine rings is 1. The highest BCUT2D eigenvalue weighted by molar-refractivity contribution is 14.0. The van der Waals surface area contributed by atoms with Crippen molar-refractivity contribution in [3.8, 4) is 0 Å². The molecule has 3 rings (SSSR count). The molecule has 0 spiro atoms. The molecular weight excluding hydrogens is 519 g/mol. The van der Waals surface area contributed by atoms with Crippen LogP contribution in [0, 0.1) is 6.92 Å². The summed E-state index contributed by atoms with van der Waals surface area (Å²) in [7, 11) is 1.76. The van der Waals surface area contributed by atoms with E-state index in [0.717, 1.165) is 55.6 Å². The third kappa shape index (κ3) is 6.85. The molecule has 1 aromatic carbocycles. The Kier molecular flexibility index (Phi) is 9.86. The average Bonchev–Trinajstić information content (AvgIpc) is 3.23. The quantitative estimate of drug-likeness (QED) is 0.329. The minimum Gasteiger partial charge on any atom is -0.364 e. The Labute approximate surface area is 199 Å². The summed E-state index contributed by atoms with van der Waals surface area (Å²) in [5, 5.41) is 10.8. The fraction of sp³-hybridized carbons (Fsp3) is 0.450. The number of halogens is 2. The lowest BCUT2D eigenvalue weighted by molar-refractivity contribution is -0.116. The zero-order chi connectivity index (χ0) is 20.6. The van der Waals surface area contributed by atoms with E-state index in [1.54, 1.807) is 13.3 Å². The monoisotopic (exact) mass is 546 g/mol. The summed E-state index contributed by atoms with van der Waals surface area (Å²) >= 11 is 6.10. The van der Waals surface area contributed by atoms with Crippen LogP contribution in [0.4, 0.5) is 5.69 Å². The van der Waals surface area contributed by atoms with Gasteiger partial charge in [0.25, 0.3) is 0 Å². The van der Waals surface area contributed by atoms with Gasteiger partial charge in [-0.15, -0.1) is 24.0 Å². The van der Waals surface area contributed by atoms with Crippen molar-refractivity contribution < 1.29 is 9.32 Å². The molecule has 2 heterocycles. The van der Waals surface area contributed by atoms with Gasteiger partial charge in [-0.25, -0.2) is 0 Å². The first-order valence-corrected chi connectivity index (χ1v) is 10.1. The van der Waals surface area contributed by atoms with Crippen molar-refractivity contribution in [2.45, 2.75) is 19.9 Å². The molecule has 1 fully saturated rings. The number of aromatic nitrogens is 1. The van der Waals surface area contributed by atoms with Gasteiger partial charge < -0.3 is 20.1 Å². The molecule has 1 aliphatic heterocycles. The van der Waals surface area contributed by atoms with E-state index >= 15 is 0 Å². The Morgan fingerprint density at radius 1 is 1.27 bits per heavy atom. The lowest BCUT2D eigenvalue weighted by Crippen LogP contribution is -2.52. The number of aliphatic imine (C=N–C) groups is 1. The third-order valence-electron chi connectivity index (χ3n) is 4.94. The standard InChI is InChI=1S/C20H27ClN6O2.HI/c1-15-17(21)4-3-5-18(15)24-19(28)6-8-23-20(22-2)27-11-9-26(10-12-27)14-16-7-13-29-25-16;/h3-5,7,13H,6,8-12,14H2,1-2H3,(H,22,23)(H,24,28);1H. The molecule has 30 heavy (non-hydrogen) atoms. The van der Waals surface area contributed by atoms with Gasteiger partial charge in [0.1, 0.15) is 6.26 Å². The van der Waals surface area contributed by atoms with Gasteiger partial charge in [-0.1, -0.05) is 22.8 Å². The summed E-state index contributed by atoms with van der Waals surface area (Å²) < 4.78 is 4.89. The Hall–Kier alpha value is -1.85. The minimum atomic E-state index is -0.0595. The van der Waals surface area contributed by atoms with E-state index in [1.165, 1.54) is 0 Å². The molecule has 1 aliphatic rings. The van der Waals surface area contributed by atoms with Crippen LogP contribution >= 0.6 is 35.6 Å². The lowest BCUT2D eigenvalue weighted by atomic mass is 10.2. The van der Waals surface area contributed by atoms with Crippen LogP contribution in [0.25, 0.3) is 0 Å². The van der Waals surface area contributed by atoms with Gasteiger partial charge >= 0.3 is 0 Å². The molecule has 2 aromatic rings. The molecule has 1 amide bonds. The third-order valence-corrected chi connectivity index (χ3v) is 5.35. The number of guanidine groups is 1. The predicted octanol–water partition coefficient (Wildman–Crippen LogP) is 2.98. The summed E-state index contributed by atoms with van der Waals surface area (Å²) in [6.45, 7) is 6.76. The average molecular weight is 547 g/mol. The summed E-state index contributed by atoms with van der Waals surface area (Å²) in [6, 6.07) is 7.38. The molecular formula is C20H28ClIN6O2. The highest BCUT2D eigenvalue weighted by Gasteiger charge is 2.20. The smallest absolute Gasteiger partial charge is 0.226 e. The summed E-state index contributed by atoms with van der Waals surface area (Å²) in [6.07, 6.45) is 1.94. The molecule has 10 heteroatoms. The van der Waals surface area contributed by atoms with E-state index in [1.807, 2.05) is 31.2 Å². The maximum Gasteiger partial charge on any atom is 0.226 e. The maximum atomic E-state index is 12.2.